The topological polar surface area (TPSA) is 24.6 Å². The fraction of sp³-hybridized carbons (Fsp3) is 0.270. The third kappa shape index (κ3) is 7.68. The van der Waals surface area contributed by atoms with E-state index in [0.29, 0.717) is 0 Å². The standard InChI is InChI=1S/C74H72BN3OS/c1-70(2,3)43-20-28-48(29-21-43)76(49-30-22-44(23-31-49)71(4,5)6)51-34-35-52-54-41-56-60(42-63(54)80-62(52)40-51)78(50-32-24-45(25-33-50)72(7,8)9)75-57-39-47(74(13,14)15)27-37-59(57)77-58-36-26-46(73(10,11)12)38-55(58)64-65-53-18-16-17-19-61(53)79-69(65)66(56)67(75)68(64)77/h16-42H,1-15H3. The number of furan rings is 1. The van der Waals surface area contributed by atoms with Crippen LogP contribution >= 0.6 is 11.3 Å². The van der Waals surface area contributed by atoms with E-state index in [-0.39, 0.29) is 33.9 Å². The van der Waals surface area contributed by atoms with Gasteiger partial charge in [0.15, 0.2) is 0 Å². The first kappa shape index (κ1) is 50.7. The number of anilines is 5. The minimum atomic E-state index is -0.171. The Morgan fingerprint density at radius 1 is 0.438 bits per heavy atom. The van der Waals surface area contributed by atoms with Gasteiger partial charge in [-0.25, -0.2) is 0 Å². The maximum Gasteiger partial charge on any atom is 0.333 e. The van der Waals surface area contributed by atoms with Crippen molar-refractivity contribution in [1.29, 1.82) is 0 Å². The van der Waals surface area contributed by atoms with Gasteiger partial charge in [-0.2, -0.15) is 0 Å². The summed E-state index contributed by atoms with van der Waals surface area (Å²) in [4.78, 5) is 5.13. The highest BCUT2D eigenvalue weighted by molar-refractivity contribution is 7.26. The Bertz CT molecular complexity index is 4480. The lowest BCUT2D eigenvalue weighted by atomic mass is 9.43. The van der Waals surface area contributed by atoms with E-state index in [0.717, 1.165) is 33.6 Å². The molecule has 0 saturated heterocycles. The van der Waals surface area contributed by atoms with Gasteiger partial charge < -0.3 is 18.7 Å². The summed E-state index contributed by atoms with van der Waals surface area (Å²) in [5.74, 6) is 0. The van der Waals surface area contributed by atoms with Crippen molar-refractivity contribution in [2.75, 3.05) is 9.71 Å². The third-order valence-electron chi connectivity index (χ3n) is 17.7. The molecule has 2 aliphatic rings. The third-order valence-corrected chi connectivity index (χ3v) is 18.9. The molecule has 6 heteroatoms. The van der Waals surface area contributed by atoms with E-state index >= 15 is 0 Å². The van der Waals surface area contributed by atoms with E-state index in [1.165, 1.54) is 114 Å². The molecule has 12 aromatic rings. The molecule has 0 saturated carbocycles. The van der Waals surface area contributed by atoms with Gasteiger partial charge in [0.1, 0.15) is 11.2 Å². The molecule has 0 fully saturated rings. The molecule has 5 heterocycles. The summed E-state index contributed by atoms with van der Waals surface area (Å²) < 4.78 is 12.6. The second-order valence-electron chi connectivity index (χ2n) is 28.3. The minimum absolute atomic E-state index is 0.000676. The smallest absolute Gasteiger partial charge is 0.333 e. The SMILES string of the molecule is CC(C)(C)c1ccc(N2B3c4cc(C(C)(C)C)ccc4-n4c5ccc(C(C)(C)C)cc5c5c6c(oc7ccccc76)c(c3c54)-c3cc4c(cc32)sc2cc(N(c3ccc(C(C)(C)C)cc3)c3ccc(C(C)(C)C)cc3)ccc24)cc1. The number of rotatable bonds is 4. The first-order chi connectivity index (χ1) is 37.8. The van der Waals surface area contributed by atoms with Crippen LogP contribution in [0.2, 0.25) is 0 Å². The zero-order valence-corrected chi connectivity index (χ0v) is 50.1. The average molecular weight is 1060 g/mol. The number of fused-ring (bicyclic) bond motifs is 16. The van der Waals surface area contributed by atoms with E-state index in [2.05, 4.69) is 282 Å². The van der Waals surface area contributed by atoms with Crippen molar-refractivity contribution in [3.8, 4) is 16.8 Å². The summed E-state index contributed by atoms with van der Waals surface area (Å²) >= 11 is 1.90. The molecular weight excluding hydrogens is 990 g/mol. The fourth-order valence-corrected chi connectivity index (χ4v) is 14.3. The molecule has 0 N–H and O–H groups in total. The highest BCUT2D eigenvalue weighted by Crippen LogP contribution is 2.54. The van der Waals surface area contributed by atoms with Gasteiger partial charge in [-0.15, -0.1) is 11.3 Å². The molecule has 0 bridgehead atoms. The number of nitrogens with zero attached hydrogens (tertiary/aromatic N) is 3. The van der Waals surface area contributed by atoms with Gasteiger partial charge in [-0.1, -0.05) is 183 Å². The van der Waals surface area contributed by atoms with Crippen LogP contribution in [0.25, 0.3) is 80.7 Å². The van der Waals surface area contributed by atoms with Crippen molar-refractivity contribution < 1.29 is 4.42 Å². The molecular formula is C74H72BN3OS. The molecule has 4 nitrogen and oxygen atoms in total. The largest absolute Gasteiger partial charge is 0.455 e. The molecule has 80 heavy (non-hydrogen) atoms. The second-order valence-corrected chi connectivity index (χ2v) is 29.4. The predicted octanol–water partition coefficient (Wildman–Crippen LogP) is 20.2. The van der Waals surface area contributed by atoms with Crippen LogP contribution in [-0.2, 0) is 27.1 Å². The van der Waals surface area contributed by atoms with Crippen LogP contribution in [0.1, 0.15) is 132 Å². The zero-order chi connectivity index (χ0) is 55.9. The molecule has 14 rings (SSSR count). The van der Waals surface area contributed by atoms with E-state index < -0.39 is 0 Å². The highest BCUT2D eigenvalue weighted by Gasteiger charge is 2.47. The van der Waals surface area contributed by atoms with Crippen molar-refractivity contribution in [3.05, 3.63) is 192 Å². The van der Waals surface area contributed by atoms with Crippen LogP contribution in [0.5, 0.6) is 0 Å². The summed E-state index contributed by atoms with van der Waals surface area (Å²) in [6.45, 7) is 34.5. The molecule has 0 amide bonds. The summed E-state index contributed by atoms with van der Waals surface area (Å²) in [7, 11) is 0. The number of thiophene rings is 1. The zero-order valence-electron chi connectivity index (χ0n) is 49.3. The van der Waals surface area contributed by atoms with Crippen LogP contribution in [0.4, 0.5) is 28.4 Å². The quantitative estimate of drug-likeness (QED) is 0.164. The normalized spacial score (nSPS) is 13.9. The summed E-state index contributed by atoms with van der Waals surface area (Å²) in [6, 6.07) is 63.4. The predicted molar refractivity (Wildman–Crippen MR) is 348 cm³/mol. The van der Waals surface area contributed by atoms with Crippen LogP contribution in [0.3, 0.4) is 0 Å². The van der Waals surface area contributed by atoms with Gasteiger partial charge in [0.25, 0.3) is 0 Å². The molecule has 2 aliphatic heterocycles. The molecule has 0 radical (unpaired) electrons. The van der Waals surface area contributed by atoms with Gasteiger partial charge in [-0.05, 0) is 151 Å². The molecule has 0 spiro atoms. The number of aromatic nitrogens is 1. The van der Waals surface area contributed by atoms with Crippen LogP contribution < -0.4 is 20.6 Å². The van der Waals surface area contributed by atoms with Crippen LogP contribution in [0, 0.1) is 0 Å². The molecule has 398 valence electrons. The summed E-state index contributed by atoms with van der Waals surface area (Å²) in [6.07, 6.45) is 0. The number of hydrogen-bond acceptors (Lipinski definition) is 4. The first-order valence-electron chi connectivity index (χ1n) is 28.9. The molecule has 0 atom stereocenters. The molecule has 9 aromatic carbocycles. The van der Waals surface area contributed by atoms with Crippen LogP contribution in [-0.4, -0.2) is 11.4 Å². The van der Waals surface area contributed by atoms with E-state index in [9.17, 15) is 0 Å². The maximum atomic E-state index is 7.43. The number of hydrogen-bond donors (Lipinski definition) is 0. The number of benzene rings is 9. The molecule has 0 aliphatic carbocycles. The van der Waals surface area contributed by atoms with Gasteiger partial charge in [0.05, 0.1) is 11.0 Å². The average Bonchev–Trinajstić information content (AvgIpc) is 4.25. The first-order valence-corrected chi connectivity index (χ1v) is 29.7. The molecule has 0 unspecified atom stereocenters. The lowest BCUT2D eigenvalue weighted by molar-refractivity contribution is 0.590. The highest BCUT2D eigenvalue weighted by atomic mass is 32.1. The monoisotopic (exact) mass is 1060 g/mol. The Hall–Kier alpha value is -7.54. The lowest BCUT2D eigenvalue weighted by Crippen LogP contribution is -2.60. The van der Waals surface area contributed by atoms with Crippen molar-refractivity contribution in [2.45, 2.75) is 131 Å². The molecule has 3 aromatic heterocycles. The maximum absolute atomic E-state index is 7.43. The van der Waals surface area contributed by atoms with Crippen molar-refractivity contribution in [1.82, 2.24) is 4.57 Å². The minimum Gasteiger partial charge on any atom is -0.455 e. The number of para-hydroxylation sites is 1. The van der Waals surface area contributed by atoms with E-state index in [4.69, 9.17) is 4.42 Å². The lowest BCUT2D eigenvalue weighted by Gasteiger charge is -2.42. The van der Waals surface area contributed by atoms with Gasteiger partial charge >= 0.3 is 6.85 Å². The second kappa shape index (κ2) is 17.0. The van der Waals surface area contributed by atoms with Crippen LogP contribution in [0.15, 0.2) is 168 Å². The Balaban J connectivity index is 1.09. The van der Waals surface area contributed by atoms with Gasteiger partial charge in [0, 0.05) is 87.0 Å². The van der Waals surface area contributed by atoms with Crippen molar-refractivity contribution >= 4 is 121 Å². The van der Waals surface area contributed by atoms with Crippen molar-refractivity contribution in [2.24, 2.45) is 0 Å². The van der Waals surface area contributed by atoms with E-state index in [1.54, 1.807) is 0 Å². The Labute approximate surface area is 476 Å². The summed E-state index contributed by atoms with van der Waals surface area (Å²) in [5.41, 5.74) is 23.0. The summed E-state index contributed by atoms with van der Waals surface area (Å²) in [5, 5.41) is 7.39. The van der Waals surface area contributed by atoms with E-state index in [1.807, 2.05) is 11.3 Å². The fourth-order valence-electron chi connectivity index (χ4n) is 13.2. The Kier molecular flexibility index (Phi) is 10.8. The van der Waals surface area contributed by atoms with Gasteiger partial charge in [-0.3, -0.25) is 0 Å². The van der Waals surface area contributed by atoms with Crippen molar-refractivity contribution in [3.63, 3.8) is 0 Å². The Morgan fingerprint density at radius 2 is 0.975 bits per heavy atom. The van der Waals surface area contributed by atoms with Gasteiger partial charge in [0.2, 0.25) is 0 Å². The Morgan fingerprint density at radius 3 is 1.59 bits per heavy atom.